The molecule has 0 aliphatic carbocycles. The van der Waals surface area contributed by atoms with Gasteiger partial charge in [0.2, 0.25) is 0 Å². The van der Waals surface area contributed by atoms with Crippen LogP contribution < -0.4 is 4.72 Å². The number of nitro groups is 1. The molecule has 0 spiro atoms. The Morgan fingerprint density at radius 2 is 2.00 bits per heavy atom. The van der Waals surface area contributed by atoms with Gasteiger partial charge in [-0.3, -0.25) is 14.8 Å². The summed E-state index contributed by atoms with van der Waals surface area (Å²) in [5.41, 5.74) is -0.227. The van der Waals surface area contributed by atoms with Crippen molar-refractivity contribution in [2.75, 3.05) is 4.72 Å². The van der Waals surface area contributed by atoms with Gasteiger partial charge in [0.25, 0.3) is 15.7 Å². The van der Waals surface area contributed by atoms with E-state index in [1.165, 1.54) is 31.5 Å². The number of nitrogens with one attached hydrogen (secondary N) is 1. The highest BCUT2D eigenvalue weighted by Gasteiger charge is 2.28. The van der Waals surface area contributed by atoms with Crippen molar-refractivity contribution in [3.05, 3.63) is 50.9 Å². The number of nitro benzene ring substituents is 1. The van der Waals surface area contributed by atoms with Crippen molar-refractivity contribution in [3.8, 4) is 0 Å². The highest BCUT2D eigenvalue weighted by molar-refractivity contribution is 9.10. The van der Waals surface area contributed by atoms with Crippen molar-refractivity contribution in [2.24, 2.45) is 0 Å². The van der Waals surface area contributed by atoms with Gasteiger partial charge in [-0.1, -0.05) is 12.1 Å². The molecule has 10 heteroatoms. The summed E-state index contributed by atoms with van der Waals surface area (Å²) in [4.78, 5) is 17.5. The fourth-order valence-corrected chi connectivity index (χ4v) is 3.28. The lowest BCUT2D eigenvalue weighted by Crippen LogP contribution is -2.17. The van der Waals surface area contributed by atoms with E-state index in [-0.39, 0.29) is 16.3 Å². The van der Waals surface area contributed by atoms with E-state index < -0.39 is 20.6 Å². The Morgan fingerprint density at radius 1 is 1.29 bits per heavy atom. The monoisotopic (exact) mass is 372 g/mol. The molecule has 0 saturated carbocycles. The Kier molecular flexibility index (Phi) is 4.19. The zero-order valence-electron chi connectivity index (χ0n) is 10.6. The van der Waals surface area contributed by atoms with Gasteiger partial charge in [0.1, 0.15) is 4.60 Å². The molecule has 0 radical (unpaired) electrons. The maximum absolute atomic E-state index is 12.3. The van der Waals surface area contributed by atoms with Gasteiger partial charge in [-0.15, -0.1) is 0 Å². The van der Waals surface area contributed by atoms with Crippen molar-refractivity contribution in [1.29, 1.82) is 0 Å². The Morgan fingerprint density at radius 3 is 2.57 bits per heavy atom. The summed E-state index contributed by atoms with van der Waals surface area (Å²) < 4.78 is 27.3. The second-order valence-electron chi connectivity index (χ2n) is 4.01. The van der Waals surface area contributed by atoms with E-state index in [2.05, 4.69) is 30.6 Å². The smallest absolute Gasteiger partial charge is 0.262 e. The molecule has 0 aliphatic heterocycles. The Labute approximate surface area is 128 Å². The van der Waals surface area contributed by atoms with Crippen molar-refractivity contribution in [3.63, 3.8) is 0 Å². The lowest BCUT2D eigenvalue weighted by atomic mass is 10.2. The van der Waals surface area contributed by atoms with Crippen LogP contribution in [0, 0.1) is 17.0 Å². The van der Waals surface area contributed by atoms with E-state index in [1.807, 2.05) is 0 Å². The highest BCUT2D eigenvalue weighted by atomic mass is 79.9. The van der Waals surface area contributed by atoms with Crippen molar-refractivity contribution in [2.45, 2.75) is 11.8 Å². The van der Waals surface area contributed by atoms with Gasteiger partial charge >= 0.3 is 0 Å². The Hall–Kier alpha value is -2.07. The minimum atomic E-state index is -4.14. The number of sulfonamides is 1. The van der Waals surface area contributed by atoms with Crippen LogP contribution in [0.4, 0.5) is 11.5 Å². The van der Waals surface area contributed by atoms with Crippen LogP contribution in [-0.2, 0) is 10.0 Å². The molecular weight excluding hydrogens is 364 g/mol. The lowest BCUT2D eigenvalue weighted by Gasteiger charge is -2.09. The Balaban J connectivity index is 2.49. The number of hydrogen-bond donors (Lipinski definition) is 1. The Bertz CT molecular complexity index is 792. The molecule has 1 aromatic carbocycles. The van der Waals surface area contributed by atoms with Crippen LogP contribution in [0.25, 0.3) is 0 Å². The van der Waals surface area contributed by atoms with Gasteiger partial charge in [-0.2, -0.15) is 0 Å². The second kappa shape index (κ2) is 5.74. The van der Waals surface area contributed by atoms with Gasteiger partial charge in [0.15, 0.2) is 10.7 Å². The molecule has 0 unspecified atom stereocenters. The molecule has 1 aromatic heterocycles. The molecule has 2 rings (SSSR count). The third-order valence-corrected chi connectivity index (χ3v) is 4.47. The average Bonchev–Trinajstić information content (AvgIpc) is 2.40. The minimum absolute atomic E-state index is 0.0317. The third-order valence-electron chi connectivity index (χ3n) is 2.52. The molecule has 0 bridgehead atoms. The number of benzene rings is 1. The van der Waals surface area contributed by atoms with Crippen LogP contribution in [0.15, 0.2) is 40.1 Å². The van der Waals surface area contributed by atoms with E-state index in [1.54, 1.807) is 0 Å². The quantitative estimate of drug-likeness (QED) is 0.649. The molecular formula is C11H9BrN4O4S. The summed E-state index contributed by atoms with van der Waals surface area (Å²) in [6.45, 7) is 1.48. The normalized spacial score (nSPS) is 11.1. The summed E-state index contributed by atoms with van der Waals surface area (Å²) in [5.74, 6) is -0.0317. The first-order valence-electron chi connectivity index (χ1n) is 5.55. The summed E-state index contributed by atoms with van der Waals surface area (Å²) in [7, 11) is -4.14. The van der Waals surface area contributed by atoms with E-state index >= 15 is 0 Å². The maximum Gasteiger partial charge on any atom is 0.290 e. The van der Waals surface area contributed by atoms with E-state index in [4.69, 9.17) is 0 Å². The first-order chi connectivity index (χ1) is 9.81. The topological polar surface area (TPSA) is 115 Å². The van der Waals surface area contributed by atoms with Crippen LogP contribution in [0.1, 0.15) is 5.56 Å². The largest absolute Gasteiger partial charge is 0.290 e. The second-order valence-corrected chi connectivity index (χ2v) is 6.44. The zero-order chi connectivity index (χ0) is 15.6. The van der Waals surface area contributed by atoms with Gasteiger partial charge < -0.3 is 0 Å². The van der Waals surface area contributed by atoms with Crippen LogP contribution in [-0.4, -0.2) is 23.3 Å². The fraction of sp³-hybridized carbons (Fsp3) is 0.0909. The maximum atomic E-state index is 12.3. The predicted molar refractivity (Wildman–Crippen MR) is 78.4 cm³/mol. The van der Waals surface area contributed by atoms with E-state index in [9.17, 15) is 18.5 Å². The molecule has 110 valence electrons. The molecule has 0 atom stereocenters. The van der Waals surface area contributed by atoms with Crippen LogP contribution >= 0.6 is 15.9 Å². The molecule has 0 amide bonds. The minimum Gasteiger partial charge on any atom is -0.262 e. The molecule has 0 saturated heterocycles. The summed E-state index contributed by atoms with van der Waals surface area (Å²) in [6.07, 6.45) is 2.51. The number of nitrogens with zero attached hydrogens (tertiary/aromatic N) is 3. The third kappa shape index (κ3) is 3.34. The van der Waals surface area contributed by atoms with Crippen molar-refractivity contribution in [1.82, 2.24) is 9.97 Å². The molecule has 1 N–H and O–H groups in total. The highest BCUT2D eigenvalue weighted by Crippen LogP contribution is 2.28. The number of aromatic nitrogens is 2. The average molecular weight is 373 g/mol. The first-order valence-corrected chi connectivity index (χ1v) is 7.83. The fourth-order valence-electron chi connectivity index (χ4n) is 1.68. The molecule has 0 aliphatic rings. The molecule has 0 fully saturated rings. The van der Waals surface area contributed by atoms with Crippen LogP contribution in [0.3, 0.4) is 0 Å². The van der Waals surface area contributed by atoms with Gasteiger partial charge in [-0.25, -0.2) is 18.4 Å². The van der Waals surface area contributed by atoms with Crippen LogP contribution in [0.5, 0.6) is 0 Å². The molecule has 2 aromatic rings. The number of anilines is 1. The van der Waals surface area contributed by atoms with Gasteiger partial charge in [0.05, 0.1) is 17.3 Å². The zero-order valence-corrected chi connectivity index (χ0v) is 13.1. The molecule has 8 nitrogen and oxygen atoms in total. The number of hydrogen-bond acceptors (Lipinski definition) is 6. The SMILES string of the molecule is Cc1cccc([N+](=O)[O-])c1S(=O)(=O)Nc1cnc(Br)cn1. The van der Waals surface area contributed by atoms with Gasteiger partial charge in [-0.05, 0) is 28.4 Å². The van der Waals surface area contributed by atoms with Gasteiger partial charge in [0, 0.05) is 6.07 Å². The molecule has 21 heavy (non-hydrogen) atoms. The first kappa shape index (κ1) is 15.3. The van der Waals surface area contributed by atoms with Crippen LogP contribution in [0.2, 0.25) is 0 Å². The van der Waals surface area contributed by atoms with E-state index in [0.29, 0.717) is 4.60 Å². The number of rotatable bonds is 4. The number of aryl methyl sites for hydroxylation is 1. The number of halogens is 1. The van der Waals surface area contributed by atoms with Crippen molar-refractivity contribution < 1.29 is 13.3 Å². The van der Waals surface area contributed by atoms with E-state index in [0.717, 1.165) is 6.07 Å². The summed E-state index contributed by atoms with van der Waals surface area (Å²) in [6, 6.07) is 4.04. The predicted octanol–water partition coefficient (Wildman–Crippen LogP) is 2.26. The standard InChI is InChI=1S/C11H9BrN4O4S/c1-7-3-2-4-8(16(17)18)11(7)21(19,20)15-10-6-13-9(12)5-14-10/h2-6H,1H3,(H,14,15). The molecule has 1 heterocycles. The summed E-state index contributed by atoms with van der Waals surface area (Å²) >= 11 is 3.07. The van der Waals surface area contributed by atoms with Crippen molar-refractivity contribution >= 4 is 37.5 Å². The summed E-state index contributed by atoms with van der Waals surface area (Å²) in [5, 5.41) is 11.0. The lowest BCUT2D eigenvalue weighted by molar-refractivity contribution is -0.387.